The van der Waals surface area contributed by atoms with Crippen molar-refractivity contribution in [3.8, 4) is 0 Å². The highest BCUT2D eigenvalue weighted by atomic mass is 19.1. The number of hydrogen-bond donors (Lipinski definition) is 0. The van der Waals surface area contributed by atoms with Gasteiger partial charge in [0.05, 0.1) is 13.2 Å². The largest absolute Gasteiger partial charge is 0.462 e. The van der Waals surface area contributed by atoms with Gasteiger partial charge in [0.25, 0.3) is 0 Å². The Labute approximate surface area is 132 Å². The summed E-state index contributed by atoms with van der Waals surface area (Å²) in [4.78, 5) is 11.6. The summed E-state index contributed by atoms with van der Waals surface area (Å²) in [5, 5.41) is 0. The van der Waals surface area contributed by atoms with Crippen LogP contribution in [0.1, 0.15) is 38.7 Å². The smallest absolute Gasteiger partial charge is 0.333 e. The molecule has 1 rings (SSSR count). The monoisotopic (exact) mass is 308 g/mol. The molecule has 1 atom stereocenters. The lowest BCUT2D eigenvalue weighted by atomic mass is 10.2. The van der Waals surface area contributed by atoms with E-state index in [9.17, 15) is 9.18 Å². The molecule has 22 heavy (non-hydrogen) atoms. The fourth-order valence-corrected chi connectivity index (χ4v) is 1.77. The Balaban J connectivity index is 2.03. The first-order chi connectivity index (χ1) is 10.6. The van der Waals surface area contributed by atoms with Crippen LogP contribution < -0.4 is 0 Å². The second kappa shape index (κ2) is 11.0. The van der Waals surface area contributed by atoms with E-state index in [2.05, 4.69) is 0 Å². The fraction of sp³-hybridized carbons (Fsp3) is 0.500. The van der Waals surface area contributed by atoms with Crippen LogP contribution in [0.2, 0.25) is 0 Å². The third kappa shape index (κ3) is 8.57. The summed E-state index contributed by atoms with van der Waals surface area (Å²) in [6.07, 6.45) is 2.48. The summed E-state index contributed by atoms with van der Waals surface area (Å²) in [6.45, 7) is 4.71. The van der Waals surface area contributed by atoms with Crippen LogP contribution in [-0.4, -0.2) is 25.4 Å². The van der Waals surface area contributed by atoms with Gasteiger partial charge in [-0.05, 0) is 38.7 Å². The van der Waals surface area contributed by atoms with Crippen LogP contribution >= 0.6 is 0 Å². The summed E-state index contributed by atoms with van der Waals surface area (Å²) in [6, 6.07) is 9.99. The third-order valence-electron chi connectivity index (χ3n) is 3.10. The third-order valence-corrected chi connectivity index (χ3v) is 3.10. The fourth-order valence-electron chi connectivity index (χ4n) is 1.77. The number of alkyl halides is 1. The van der Waals surface area contributed by atoms with Crippen LogP contribution in [0.25, 0.3) is 0 Å². The summed E-state index contributed by atoms with van der Waals surface area (Å²) < 4.78 is 23.3. The number of carbonyl (C=O) groups is 1. The molecule has 0 aliphatic heterocycles. The first-order valence-electron chi connectivity index (χ1n) is 7.69. The van der Waals surface area contributed by atoms with Crippen molar-refractivity contribution in [1.29, 1.82) is 0 Å². The van der Waals surface area contributed by atoms with Gasteiger partial charge in [-0.3, -0.25) is 0 Å². The Morgan fingerprint density at radius 3 is 2.59 bits per heavy atom. The number of ether oxygens (including phenoxy) is 2. The molecule has 0 amide bonds. The number of hydrogen-bond acceptors (Lipinski definition) is 3. The van der Waals surface area contributed by atoms with Gasteiger partial charge in [0.15, 0.2) is 0 Å². The highest BCUT2D eigenvalue weighted by molar-refractivity contribution is 5.87. The number of halogens is 1. The number of rotatable bonds is 10. The molecule has 0 fully saturated rings. The standard InChI is InChI=1S/C18H25FO3/c1-15(10-11-16(2)19)18(20)22-13-7-6-12-21-14-17-8-4-3-5-9-17/h3-5,8-10,16H,6-7,11-14H2,1-2H3/b15-10+. The van der Waals surface area contributed by atoms with Crippen molar-refractivity contribution in [2.75, 3.05) is 13.2 Å². The number of allylic oxidation sites excluding steroid dienone is 1. The average Bonchev–Trinajstić information content (AvgIpc) is 2.52. The molecule has 0 spiro atoms. The lowest BCUT2D eigenvalue weighted by Crippen LogP contribution is -2.08. The predicted octanol–water partition coefficient (Wildman–Crippen LogP) is 4.22. The molecule has 0 N–H and O–H groups in total. The van der Waals surface area contributed by atoms with E-state index in [1.54, 1.807) is 13.0 Å². The SMILES string of the molecule is C/C(=C\CC(C)F)C(=O)OCCCCOCc1ccccc1. The highest BCUT2D eigenvalue weighted by Gasteiger charge is 2.06. The van der Waals surface area contributed by atoms with Crippen LogP contribution in [0.5, 0.6) is 0 Å². The second-order valence-corrected chi connectivity index (χ2v) is 5.28. The lowest BCUT2D eigenvalue weighted by molar-refractivity contribution is -0.139. The molecule has 122 valence electrons. The van der Waals surface area contributed by atoms with Crippen molar-refractivity contribution < 1.29 is 18.7 Å². The molecule has 0 aliphatic carbocycles. The van der Waals surface area contributed by atoms with Crippen molar-refractivity contribution in [2.45, 2.75) is 45.9 Å². The average molecular weight is 308 g/mol. The molecule has 0 saturated heterocycles. The first kappa shape index (κ1) is 18.4. The summed E-state index contributed by atoms with van der Waals surface area (Å²) in [5.41, 5.74) is 1.61. The molecule has 0 heterocycles. The Hall–Kier alpha value is -1.68. The van der Waals surface area contributed by atoms with E-state index in [4.69, 9.17) is 9.47 Å². The first-order valence-corrected chi connectivity index (χ1v) is 7.69. The van der Waals surface area contributed by atoms with E-state index < -0.39 is 6.17 Å². The molecule has 1 unspecified atom stereocenters. The van der Waals surface area contributed by atoms with E-state index in [1.165, 1.54) is 6.92 Å². The Morgan fingerprint density at radius 1 is 1.23 bits per heavy atom. The Kier molecular flexibility index (Phi) is 9.15. The molecule has 0 aliphatic rings. The predicted molar refractivity (Wildman–Crippen MR) is 85.2 cm³/mol. The summed E-state index contributed by atoms with van der Waals surface area (Å²) in [5.74, 6) is -0.370. The van der Waals surface area contributed by atoms with Gasteiger partial charge in [-0.1, -0.05) is 36.4 Å². The number of benzene rings is 1. The topological polar surface area (TPSA) is 35.5 Å². The molecule has 1 aromatic carbocycles. The second-order valence-electron chi connectivity index (χ2n) is 5.28. The summed E-state index contributed by atoms with van der Waals surface area (Å²) in [7, 11) is 0. The number of unbranched alkanes of at least 4 members (excludes halogenated alkanes) is 1. The van der Waals surface area contributed by atoms with Crippen molar-refractivity contribution in [1.82, 2.24) is 0 Å². The van der Waals surface area contributed by atoms with Gasteiger partial charge < -0.3 is 9.47 Å². The van der Waals surface area contributed by atoms with Crippen molar-refractivity contribution in [3.05, 3.63) is 47.5 Å². The minimum atomic E-state index is -0.940. The lowest BCUT2D eigenvalue weighted by Gasteiger charge is -2.06. The minimum absolute atomic E-state index is 0.244. The van der Waals surface area contributed by atoms with Gasteiger partial charge in [0.1, 0.15) is 6.17 Å². The van der Waals surface area contributed by atoms with Gasteiger partial charge in [-0.2, -0.15) is 0 Å². The number of carbonyl (C=O) groups excluding carboxylic acids is 1. The molecule has 0 saturated carbocycles. The molecule has 4 heteroatoms. The van der Waals surface area contributed by atoms with E-state index in [1.807, 2.05) is 30.3 Å². The highest BCUT2D eigenvalue weighted by Crippen LogP contribution is 2.05. The van der Waals surface area contributed by atoms with Crippen molar-refractivity contribution in [3.63, 3.8) is 0 Å². The van der Waals surface area contributed by atoms with Gasteiger partial charge >= 0.3 is 5.97 Å². The van der Waals surface area contributed by atoms with Crippen LogP contribution in [-0.2, 0) is 20.9 Å². The quantitative estimate of drug-likeness (QED) is 0.369. The normalized spacial score (nSPS) is 13.0. The molecule has 0 aromatic heterocycles. The molecule has 1 aromatic rings. The number of esters is 1. The maximum Gasteiger partial charge on any atom is 0.333 e. The van der Waals surface area contributed by atoms with Gasteiger partial charge in [-0.15, -0.1) is 0 Å². The zero-order valence-electron chi connectivity index (χ0n) is 13.4. The molecule has 3 nitrogen and oxygen atoms in total. The van der Waals surface area contributed by atoms with E-state index in [0.29, 0.717) is 25.4 Å². The zero-order chi connectivity index (χ0) is 16.2. The van der Waals surface area contributed by atoms with Crippen LogP contribution in [0.3, 0.4) is 0 Å². The Morgan fingerprint density at radius 2 is 1.91 bits per heavy atom. The van der Waals surface area contributed by atoms with Gasteiger partial charge in [0.2, 0.25) is 0 Å². The zero-order valence-corrected chi connectivity index (χ0v) is 13.4. The molecule has 0 radical (unpaired) electrons. The van der Waals surface area contributed by atoms with Crippen molar-refractivity contribution >= 4 is 5.97 Å². The van der Waals surface area contributed by atoms with Crippen LogP contribution in [0, 0.1) is 0 Å². The molecule has 0 bridgehead atoms. The molecular formula is C18H25FO3. The Bertz CT molecular complexity index is 455. The minimum Gasteiger partial charge on any atom is -0.462 e. The maximum atomic E-state index is 12.7. The maximum absolute atomic E-state index is 12.7. The van der Waals surface area contributed by atoms with Crippen LogP contribution in [0.4, 0.5) is 4.39 Å². The van der Waals surface area contributed by atoms with E-state index in [0.717, 1.165) is 18.4 Å². The van der Waals surface area contributed by atoms with Crippen molar-refractivity contribution in [2.24, 2.45) is 0 Å². The van der Waals surface area contributed by atoms with Crippen LogP contribution in [0.15, 0.2) is 42.0 Å². The van der Waals surface area contributed by atoms with E-state index in [-0.39, 0.29) is 12.4 Å². The summed E-state index contributed by atoms with van der Waals surface area (Å²) >= 11 is 0. The molecular weight excluding hydrogens is 283 g/mol. The van der Waals surface area contributed by atoms with E-state index >= 15 is 0 Å². The van der Waals surface area contributed by atoms with Gasteiger partial charge in [0, 0.05) is 12.2 Å². The van der Waals surface area contributed by atoms with Gasteiger partial charge in [-0.25, -0.2) is 9.18 Å².